The molecule has 1 aromatic carbocycles. The molecule has 1 aliphatic rings. The number of guanidine groups is 1. The van der Waals surface area contributed by atoms with Gasteiger partial charge in [0.2, 0.25) is 0 Å². The quantitative estimate of drug-likeness (QED) is 0.371. The van der Waals surface area contributed by atoms with Crippen molar-refractivity contribution in [2.75, 3.05) is 37.6 Å². The fourth-order valence-corrected chi connectivity index (χ4v) is 3.46. The summed E-state index contributed by atoms with van der Waals surface area (Å²) in [5.41, 5.74) is 6.15. The fraction of sp³-hybridized carbons (Fsp3) is 0.444. The number of rotatable bonds is 6. The third kappa shape index (κ3) is 5.93. The Bertz CT molecular complexity index is 722. The predicted octanol–water partition coefficient (Wildman–Crippen LogP) is 3.19. The number of nitrogens with two attached hydrogens (primary N) is 1. The fourth-order valence-electron chi connectivity index (χ4n) is 2.76. The molecule has 2 aromatic rings. The number of aromatic nitrogens is 1. The third-order valence-electron chi connectivity index (χ3n) is 4.34. The Labute approximate surface area is 180 Å². The zero-order valence-corrected chi connectivity index (χ0v) is 18.4. The molecule has 27 heavy (non-hydrogen) atoms. The molecular weight excluding hydrogens is 480 g/mol. The van der Waals surface area contributed by atoms with E-state index in [-0.39, 0.29) is 41.6 Å². The Hall–Kier alpha value is -1.62. The van der Waals surface area contributed by atoms with E-state index in [0.29, 0.717) is 12.5 Å². The molecule has 2 heterocycles. The summed E-state index contributed by atoms with van der Waals surface area (Å²) in [7, 11) is 0. The van der Waals surface area contributed by atoms with Gasteiger partial charge in [-0.1, -0.05) is 19.1 Å². The second-order valence-corrected chi connectivity index (χ2v) is 6.94. The SMILES string of the molecule is CCC(CN=C(N)N1CCN(c2nccs2)CC1)Oc1ccccc1F.I. The molecule has 0 saturated carbocycles. The van der Waals surface area contributed by atoms with Gasteiger partial charge in [0.25, 0.3) is 0 Å². The summed E-state index contributed by atoms with van der Waals surface area (Å²) in [5, 5.41) is 3.03. The molecule has 0 amide bonds. The summed E-state index contributed by atoms with van der Waals surface area (Å²) in [6, 6.07) is 6.42. The summed E-state index contributed by atoms with van der Waals surface area (Å²) in [5.74, 6) is 0.408. The Morgan fingerprint density at radius 2 is 2.07 bits per heavy atom. The van der Waals surface area contributed by atoms with Crippen LogP contribution in [0.3, 0.4) is 0 Å². The summed E-state index contributed by atoms with van der Waals surface area (Å²) in [4.78, 5) is 13.1. The lowest BCUT2D eigenvalue weighted by Gasteiger charge is -2.35. The van der Waals surface area contributed by atoms with E-state index < -0.39 is 0 Å². The smallest absolute Gasteiger partial charge is 0.191 e. The highest BCUT2D eigenvalue weighted by molar-refractivity contribution is 14.0. The van der Waals surface area contributed by atoms with Gasteiger partial charge in [0.05, 0.1) is 6.54 Å². The molecule has 0 bridgehead atoms. The lowest BCUT2D eigenvalue weighted by molar-refractivity contribution is 0.196. The minimum absolute atomic E-state index is 0. The highest BCUT2D eigenvalue weighted by Gasteiger charge is 2.20. The first-order valence-corrected chi connectivity index (χ1v) is 9.66. The van der Waals surface area contributed by atoms with Gasteiger partial charge in [0.1, 0.15) is 6.10 Å². The zero-order chi connectivity index (χ0) is 18.4. The third-order valence-corrected chi connectivity index (χ3v) is 5.17. The van der Waals surface area contributed by atoms with Crippen LogP contribution in [0.2, 0.25) is 0 Å². The molecule has 1 atom stereocenters. The van der Waals surface area contributed by atoms with E-state index in [9.17, 15) is 4.39 Å². The number of ether oxygens (including phenoxy) is 1. The first-order chi connectivity index (χ1) is 12.7. The van der Waals surface area contributed by atoms with E-state index in [0.717, 1.165) is 37.7 Å². The first-order valence-electron chi connectivity index (χ1n) is 8.78. The van der Waals surface area contributed by atoms with Crippen molar-refractivity contribution in [1.29, 1.82) is 0 Å². The second kappa shape index (κ2) is 10.6. The largest absolute Gasteiger partial charge is 0.485 e. The van der Waals surface area contributed by atoms with Crippen molar-refractivity contribution in [2.45, 2.75) is 19.4 Å². The summed E-state index contributed by atoms with van der Waals surface area (Å²) < 4.78 is 19.5. The van der Waals surface area contributed by atoms with Gasteiger partial charge in [-0.2, -0.15) is 0 Å². The van der Waals surface area contributed by atoms with E-state index in [1.54, 1.807) is 29.5 Å². The Morgan fingerprint density at radius 3 is 2.70 bits per heavy atom. The van der Waals surface area contributed by atoms with E-state index in [4.69, 9.17) is 10.5 Å². The standard InChI is InChI=1S/C18H24FN5OS.HI/c1-2-14(25-16-6-4-3-5-15(16)19)13-22-17(20)23-8-10-24(11-9-23)18-21-7-12-26-18;/h3-7,12,14H,2,8-11,13H2,1H3,(H2,20,22);1H. The van der Waals surface area contributed by atoms with E-state index in [1.165, 1.54) is 6.07 Å². The predicted molar refractivity (Wildman–Crippen MR) is 119 cm³/mol. The topological polar surface area (TPSA) is 67.0 Å². The van der Waals surface area contributed by atoms with Gasteiger partial charge in [-0.3, -0.25) is 0 Å². The molecule has 0 spiro atoms. The first kappa shape index (κ1) is 21.7. The van der Waals surface area contributed by atoms with Crippen molar-refractivity contribution < 1.29 is 9.13 Å². The van der Waals surface area contributed by atoms with Gasteiger partial charge in [0, 0.05) is 37.8 Å². The van der Waals surface area contributed by atoms with E-state index >= 15 is 0 Å². The molecule has 0 radical (unpaired) electrons. The maximum atomic E-state index is 13.7. The Balaban J connectivity index is 0.00000261. The van der Waals surface area contributed by atoms with Gasteiger partial charge in [-0.05, 0) is 18.6 Å². The van der Waals surface area contributed by atoms with Crippen molar-refractivity contribution in [1.82, 2.24) is 9.88 Å². The lowest BCUT2D eigenvalue weighted by Crippen LogP contribution is -2.51. The number of piperazine rings is 1. The molecular formula is C18H25FIN5OS. The normalized spacial score (nSPS) is 16.0. The second-order valence-electron chi connectivity index (χ2n) is 6.07. The van der Waals surface area contributed by atoms with Crippen LogP contribution in [0.25, 0.3) is 0 Å². The number of anilines is 1. The van der Waals surface area contributed by atoms with Crippen molar-refractivity contribution in [3.63, 3.8) is 0 Å². The van der Waals surface area contributed by atoms with Gasteiger partial charge in [-0.15, -0.1) is 35.3 Å². The minimum Gasteiger partial charge on any atom is -0.485 e. The number of aliphatic imine (C=N–C) groups is 1. The van der Waals surface area contributed by atoms with Crippen LogP contribution in [0, 0.1) is 5.82 Å². The maximum Gasteiger partial charge on any atom is 0.191 e. The van der Waals surface area contributed by atoms with Crippen LogP contribution in [0.5, 0.6) is 5.75 Å². The summed E-state index contributed by atoms with van der Waals surface area (Å²) >= 11 is 1.65. The number of halogens is 2. The average Bonchev–Trinajstić information content (AvgIpc) is 3.21. The average molecular weight is 505 g/mol. The molecule has 1 saturated heterocycles. The zero-order valence-electron chi connectivity index (χ0n) is 15.3. The number of benzene rings is 1. The molecule has 1 fully saturated rings. The minimum atomic E-state index is -0.360. The van der Waals surface area contributed by atoms with Crippen molar-refractivity contribution in [3.8, 4) is 5.75 Å². The van der Waals surface area contributed by atoms with Gasteiger partial charge >= 0.3 is 0 Å². The van der Waals surface area contributed by atoms with E-state index in [2.05, 4.69) is 19.8 Å². The monoisotopic (exact) mass is 505 g/mol. The molecule has 0 aliphatic carbocycles. The molecule has 1 unspecified atom stereocenters. The molecule has 6 nitrogen and oxygen atoms in total. The maximum absolute atomic E-state index is 13.7. The van der Waals surface area contributed by atoms with E-state index in [1.807, 2.05) is 18.5 Å². The van der Waals surface area contributed by atoms with Crippen LogP contribution in [-0.4, -0.2) is 54.7 Å². The van der Waals surface area contributed by atoms with Crippen LogP contribution in [0.4, 0.5) is 9.52 Å². The van der Waals surface area contributed by atoms with Crippen LogP contribution < -0.4 is 15.4 Å². The van der Waals surface area contributed by atoms with Crippen molar-refractivity contribution >= 4 is 46.4 Å². The van der Waals surface area contributed by atoms with Gasteiger partial charge in [0.15, 0.2) is 22.7 Å². The molecule has 2 N–H and O–H groups in total. The van der Waals surface area contributed by atoms with Crippen LogP contribution in [-0.2, 0) is 0 Å². The molecule has 1 aliphatic heterocycles. The highest BCUT2D eigenvalue weighted by atomic mass is 127. The molecule has 3 rings (SSSR count). The number of hydrogen-bond donors (Lipinski definition) is 1. The molecule has 9 heteroatoms. The van der Waals surface area contributed by atoms with Gasteiger partial charge < -0.3 is 20.3 Å². The molecule has 148 valence electrons. The van der Waals surface area contributed by atoms with Crippen LogP contribution in [0.15, 0.2) is 40.8 Å². The number of para-hydroxylation sites is 1. The number of thiazole rings is 1. The van der Waals surface area contributed by atoms with Crippen molar-refractivity contribution in [2.24, 2.45) is 10.7 Å². The summed E-state index contributed by atoms with van der Waals surface area (Å²) in [6.07, 6.45) is 2.34. The Morgan fingerprint density at radius 1 is 1.33 bits per heavy atom. The van der Waals surface area contributed by atoms with Crippen LogP contribution >= 0.6 is 35.3 Å². The van der Waals surface area contributed by atoms with Crippen molar-refractivity contribution in [3.05, 3.63) is 41.7 Å². The summed E-state index contributed by atoms with van der Waals surface area (Å²) in [6.45, 7) is 5.74. The Kier molecular flexibility index (Phi) is 8.55. The number of hydrogen-bond acceptors (Lipinski definition) is 5. The van der Waals surface area contributed by atoms with Gasteiger partial charge in [-0.25, -0.2) is 14.4 Å². The molecule has 1 aromatic heterocycles. The lowest BCUT2D eigenvalue weighted by atomic mass is 10.2. The highest BCUT2D eigenvalue weighted by Crippen LogP contribution is 2.19. The van der Waals surface area contributed by atoms with Crippen LogP contribution in [0.1, 0.15) is 13.3 Å². The number of nitrogens with zero attached hydrogens (tertiary/aromatic N) is 4.